The van der Waals surface area contributed by atoms with Gasteiger partial charge in [0.2, 0.25) is 5.75 Å². The number of nitrogens with one attached hydrogen (secondary N) is 1. The summed E-state index contributed by atoms with van der Waals surface area (Å²) in [6, 6.07) is 6.40. The maximum absolute atomic E-state index is 10.9. The van der Waals surface area contributed by atoms with Crippen LogP contribution in [0.15, 0.2) is 18.2 Å². The molecule has 2 aromatic rings. The Hall–Kier alpha value is -2.44. The van der Waals surface area contributed by atoms with Gasteiger partial charge in [-0.15, -0.1) is 0 Å². The van der Waals surface area contributed by atoms with Crippen molar-refractivity contribution in [3.63, 3.8) is 0 Å². The summed E-state index contributed by atoms with van der Waals surface area (Å²) in [7, 11) is 5.35. The highest BCUT2D eigenvalue weighted by Crippen LogP contribution is 2.49. The maximum Gasteiger partial charge on any atom is 0.201 e. The van der Waals surface area contributed by atoms with Gasteiger partial charge in [0.05, 0.1) is 14.2 Å². The van der Waals surface area contributed by atoms with Crippen LogP contribution in [0.3, 0.4) is 0 Å². The average Bonchev–Trinajstić information content (AvgIpc) is 2.72. The molecule has 0 radical (unpaired) electrons. The number of phenolic OH excluding ortho intramolecular Hbond substituents is 1. The number of benzene rings is 2. The number of fused-ring (bicyclic) bond motifs is 2. The zero-order chi connectivity index (χ0) is 20.7. The highest BCUT2D eigenvalue weighted by atomic mass is 16.5. The van der Waals surface area contributed by atoms with E-state index in [1.165, 1.54) is 11.1 Å². The molecule has 0 aromatic heterocycles. The minimum atomic E-state index is 0.0201. The molecule has 0 amide bonds. The maximum atomic E-state index is 10.9. The molecule has 0 saturated heterocycles. The van der Waals surface area contributed by atoms with E-state index in [-0.39, 0.29) is 11.8 Å². The number of likely N-dealkylation sites (N-methyl/N-ethyl adjacent to an activating group) is 1. The summed E-state index contributed by atoms with van der Waals surface area (Å²) in [4.78, 5) is 2.33. The predicted octanol–water partition coefficient (Wildman–Crippen LogP) is 3.96. The molecular formula is C23H30N2O4. The second kappa shape index (κ2) is 7.76. The molecule has 0 saturated carbocycles. The largest absolute Gasteiger partial charge is 0.502 e. The van der Waals surface area contributed by atoms with Crippen LogP contribution in [0, 0.1) is 0 Å². The lowest BCUT2D eigenvalue weighted by Crippen LogP contribution is -2.30. The van der Waals surface area contributed by atoms with Crippen LogP contribution in [0.2, 0.25) is 0 Å². The van der Waals surface area contributed by atoms with Crippen molar-refractivity contribution in [1.29, 1.82) is 0 Å². The molecule has 0 bridgehead atoms. The Morgan fingerprint density at radius 2 is 1.72 bits per heavy atom. The van der Waals surface area contributed by atoms with E-state index in [9.17, 15) is 5.11 Å². The fourth-order valence-electron chi connectivity index (χ4n) is 4.46. The van der Waals surface area contributed by atoms with E-state index in [0.29, 0.717) is 29.0 Å². The number of methoxy groups -OCH3 is 2. The smallest absolute Gasteiger partial charge is 0.201 e. The van der Waals surface area contributed by atoms with Gasteiger partial charge in [-0.25, -0.2) is 0 Å². The van der Waals surface area contributed by atoms with Gasteiger partial charge in [0.1, 0.15) is 0 Å². The van der Waals surface area contributed by atoms with Crippen molar-refractivity contribution in [3.05, 3.63) is 40.5 Å². The third-order valence-electron chi connectivity index (χ3n) is 6.32. The van der Waals surface area contributed by atoms with Crippen LogP contribution >= 0.6 is 0 Å². The third kappa shape index (κ3) is 3.40. The summed E-state index contributed by atoms with van der Waals surface area (Å²) in [5.74, 6) is 2.17. The Bertz CT molecular complexity index is 928. The Morgan fingerprint density at radius 3 is 2.45 bits per heavy atom. The van der Waals surface area contributed by atoms with Crippen molar-refractivity contribution in [2.45, 2.75) is 38.8 Å². The second-order valence-corrected chi connectivity index (χ2v) is 7.97. The first kappa shape index (κ1) is 19.9. The second-order valence-electron chi connectivity index (χ2n) is 7.97. The number of nitrogens with zero attached hydrogens (tertiary/aromatic N) is 1. The minimum absolute atomic E-state index is 0.0201. The van der Waals surface area contributed by atoms with Crippen molar-refractivity contribution < 1.29 is 19.3 Å². The molecule has 29 heavy (non-hydrogen) atoms. The first-order valence-corrected chi connectivity index (χ1v) is 10.2. The van der Waals surface area contributed by atoms with E-state index >= 15 is 0 Å². The fourth-order valence-corrected chi connectivity index (χ4v) is 4.46. The van der Waals surface area contributed by atoms with Gasteiger partial charge in [0, 0.05) is 24.2 Å². The van der Waals surface area contributed by atoms with Gasteiger partial charge in [-0.05, 0) is 75.2 Å². The van der Waals surface area contributed by atoms with E-state index in [2.05, 4.69) is 43.2 Å². The van der Waals surface area contributed by atoms with E-state index in [1.807, 2.05) is 6.07 Å². The van der Waals surface area contributed by atoms with Crippen molar-refractivity contribution in [1.82, 2.24) is 10.2 Å². The van der Waals surface area contributed by atoms with Crippen LogP contribution < -0.4 is 19.5 Å². The SMILES string of the molecule is COc1cc2c(cc1Oc1c(O)c(OC)cc3c1[C@H](C)NCC3)[C@H](C)N(C)CC2. The molecule has 2 aliphatic heterocycles. The summed E-state index contributed by atoms with van der Waals surface area (Å²) in [5.41, 5.74) is 4.62. The number of ether oxygens (including phenoxy) is 3. The van der Waals surface area contributed by atoms with Crippen LogP contribution in [0.1, 0.15) is 48.2 Å². The van der Waals surface area contributed by atoms with Crippen LogP contribution in [0.4, 0.5) is 0 Å². The number of aromatic hydroxyl groups is 1. The standard InChI is InChI=1S/C23H30N2O4/c1-13-21-16(6-8-24-13)11-20(28-5)22(26)23(21)29-19-12-17-14(2)25(3)9-7-15(17)10-18(19)27-4/h10-14,24,26H,6-9H2,1-5H3/t13-,14-/m0/s1. The van der Waals surface area contributed by atoms with Crippen LogP contribution in [-0.4, -0.2) is 44.4 Å². The van der Waals surface area contributed by atoms with Gasteiger partial charge in [-0.2, -0.15) is 0 Å². The monoisotopic (exact) mass is 398 g/mol. The van der Waals surface area contributed by atoms with Gasteiger partial charge in [0.25, 0.3) is 0 Å². The summed E-state index contributed by atoms with van der Waals surface area (Å²) in [6.45, 7) is 6.18. The molecule has 0 spiro atoms. The molecule has 2 aromatic carbocycles. The number of rotatable bonds is 4. The number of hydrogen-bond donors (Lipinski definition) is 2. The number of phenols is 1. The minimum Gasteiger partial charge on any atom is -0.502 e. The zero-order valence-corrected chi connectivity index (χ0v) is 17.8. The van der Waals surface area contributed by atoms with E-state index in [4.69, 9.17) is 14.2 Å². The Balaban J connectivity index is 1.84. The molecule has 2 heterocycles. The summed E-state index contributed by atoms with van der Waals surface area (Å²) in [5, 5.41) is 14.3. The van der Waals surface area contributed by atoms with Gasteiger partial charge < -0.3 is 24.6 Å². The van der Waals surface area contributed by atoms with Gasteiger partial charge >= 0.3 is 0 Å². The van der Waals surface area contributed by atoms with E-state index in [1.54, 1.807) is 14.2 Å². The van der Waals surface area contributed by atoms with Crippen LogP contribution in [0.5, 0.6) is 28.7 Å². The topological polar surface area (TPSA) is 63.2 Å². The summed E-state index contributed by atoms with van der Waals surface area (Å²) in [6.07, 6.45) is 1.84. The highest BCUT2D eigenvalue weighted by molar-refractivity contribution is 5.62. The zero-order valence-electron chi connectivity index (χ0n) is 17.8. The lowest BCUT2D eigenvalue weighted by Gasteiger charge is -2.33. The summed E-state index contributed by atoms with van der Waals surface area (Å²) < 4.78 is 17.4. The lowest BCUT2D eigenvalue weighted by atomic mass is 9.92. The Labute approximate surface area is 172 Å². The van der Waals surface area contributed by atoms with Gasteiger partial charge in [-0.3, -0.25) is 4.90 Å². The van der Waals surface area contributed by atoms with E-state index < -0.39 is 0 Å². The molecule has 4 rings (SSSR count). The van der Waals surface area contributed by atoms with Crippen molar-refractivity contribution in [2.24, 2.45) is 0 Å². The first-order chi connectivity index (χ1) is 13.9. The normalized spacial score (nSPS) is 21.3. The number of hydrogen-bond acceptors (Lipinski definition) is 6. The van der Waals surface area contributed by atoms with Crippen molar-refractivity contribution in [3.8, 4) is 28.7 Å². The molecule has 156 valence electrons. The molecule has 2 N–H and O–H groups in total. The molecule has 6 nitrogen and oxygen atoms in total. The van der Waals surface area contributed by atoms with E-state index in [0.717, 1.165) is 37.1 Å². The fraction of sp³-hybridized carbons (Fsp3) is 0.478. The van der Waals surface area contributed by atoms with Gasteiger partial charge in [-0.1, -0.05) is 0 Å². The van der Waals surface area contributed by atoms with Crippen molar-refractivity contribution >= 4 is 0 Å². The molecule has 0 aliphatic carbocycles. The Kier molecular flexibility index (Phi) is 5.32. The third-order valence-corrected chi connectivity index (χ3v) is 6.32. The quantitative estimate of drug-likeness (QED) is 0.813. The molecule has 2 aliphatic rings. The van der Waals surface area contributed by atoms with Crippen LogP contribution in [0.25, 0.3) is 0 Å². The highest BCUT2D eigenvalue weighted by Gasteiger charge is 2.29. The first-order valence-electron chi connectivity index (χ1n) is 10.2. The summed E-state index contributed by atoms with van der Waals surface area (Å²) >= 11 is 0. The lowest BCUT2D eigenvalue weighted by molar-refractivity contribution is 0.246. The van der Waals surface area contributed by atoms with Gasteiger partial charge in [0.15, 0.2) is 23.0 Å². The Morgan fingerprint density at radius 1 is 1.00 bits per heavy atom. The molecule has 2 atom stereocenters. The molecular weight excluding hydrogens is 368 g/mol. The van der Waals surface area contributed by atoms with Crippen molar-refractivity contribution in [2.75, 3.05) is 34.4 Å². The average molecular weight is 399 g/mol. The predicted molar refractivity (Wildman–Crippen MR) is 113 cm³/mol. The molecule has 0 unspecified atom stereocenters. The molecule has 6 heteroatoms. The van der Waals surface area contributed by atoms with Crippen LogP contribution in [-0.2, 0) is 12.8 Å². The molecule has 0 fully saturated rings.